The Morgan fingerprint density at radius 1 is 1.09 bits per heavy atom. The molecule has 166 valence electrons. The predicted molar refractivity (Wildman–Crippen MR) is 127 cm³/mol. The number of benzene rings is 2. The van der Waals surface area contributed by atoms with Crippen LogP contribution in [0.25, 0.3) is 5.69 Å². The standard InChI is InChI=1S/C26H30N4O2/c1-17(2)19-7-9-23(10-8-19)30-25(20-11-13-27-14-12-20)24(16-28-30)26(32)29-22-6-4-5-21(15-22)18(3)31/h4-10,15-17,20,27H,11-14H2,1-3H3,(H,29,32). The van der Waals surface area contributed by atoms with Crippen LogP contribution in [0.1, 0.15) is 77.4 Å². The highest BCUT2D eigenvalue weighted by Crippen LogP contribution is 2.31. The minimum atomic E-state index is -0.204. The van der Waals surface area contributed by atoms with Crippen LogP contribution in [0.15, 0.2) is 54.7 Å². The van der Waals surface area contributed by atoms with Gasteiger partial charge in [0.25, 0.3) is 5.91 Å². The van der Waals surface area contributed by atoms with Crippen LogP contribution < -0.4 is 10.6 Å². The number of carbonyl (C=O) groups excluding carboxylic acids is 2. The topological polar surface area (TPSA) is 76.0 Å². The molecule has 0 unspecified atom stereocenters. The van der Waals surface area contributed by atoms with Gasteiger partial charge in [-0.3, -0.25) is 9.59 Å². The number of carbonyl (C=O) groups is 2. The van der Waals surface area contributed by atoms with Gasteiger partial charge in [-0.05, 0) is 68.6 Å². The average molecular weight is 431 g/mol. The van der Waals surface area contributed by atoms with E-state index >= 15 is 0 Å². The summed E-state index contributed by atoms with van der Waals surface area (Å²) in [6.45, 7) is 7.71. The van der Waals surface area contributed by atoms with Gasteiger partial charge in [0.2, 0.25) is 0 Å². The molecule has 3 aromatic rings. The zero-order valence-corrected chi connectivity index (χ0v) is 18.9. The number of hydrogen-bond acceptors (Lipinski definition) is 4. The number of Topliss-reactive ketones (excluding diaryl/α,β-unsaturated/α-hetero) is 1. The fourth-order valence-corrected chi connectivity index (χ4v) is 4.24. The fraction of sp³-hybridized carbons (Fsp3) is 0.346. The second kappa shape index (κ2) is 9.49. The zero-order valence-electron chi connectivity index (χ0n) is 18.9. The monoisotopic (exact) mass is 430 g/mol. The second-order valence-corrected chi connectivity index (χ2v) is 8.72. The van der Waals surface area contributed by atoms with Gasteiger partial charge >= 0.3 is 0 Å². The Balaban J connectivity index is 1.69. The summed E-state index contributed by atoms with van der Waals surface area (Å²) < 4.78 is 1.92. The lowest BCUT2D eigenvalue weighted by atomic mass is 9.91. The van der Waals surface area contributed by atoms with Crippen molar-refractivity contribution in [3.05, 3.63) is 77.1 Å². The van der Waals surface area contributed by atoms with Gasteiger partial charge in [0, 0.05) is 17.2 Å². The Morgan fingerprint density at radius 3 is 2.47 bits per heavy atom. The summed E-state index contributed by atoms with van der Waals surface area (Å²) in [6.07, 6.45) is 3.57. The van der Waals surface area contributed by atoms with Crippen LogP contribution in [0.4, 0.5) is 5.69 Å². The van der Waals surface area contributed by atoms with Crippen molar-refractivity contribution in [2.24, 2.45) is 0 Å². The minimum absolute atomic E-state index is 0.0332. The van der Waals surface area contributed by atoms with Crippen molar-refractivity contribution in [3.8, 4) is 5.69 Å². The average Bonchev–Trinajstić information content (AvgIpc) is 3.25. The van der Waals surface area contributed by atoms with Crippen LogP contribution >= 0.6 is 0 Å². The van der Waals surface area contributed by atoms with E-state index in [-0.39, 0.29) is 17.6 Å². The van der Waals surface area contributed by atoms with Gasteiger partial charge in [0.1, 0.15) is 0 Å². The first kappa shape index (κ1) is 22.0. The predicted octanol–water partition coefficient (Wildman–Crippen LogP) is 4.92. The summed E-state index contributed by atoms with van der Waals surface area (Å²) in [7, 11) is 0. The van der Waals surface area contributed by atoms with Crippen LogP contribution in [0.2, 0.25) is 0 Å². The molecule has 0 atom stereocenters. The third-order valence-electron chi connectivity index (χ3n) is 6.11. The number of nitrogens with zero attached hydrogens (tertiary/aromatic N) is 2. The summed E-state index contributed by atoms with van der Waals surface area (Å²) in [6, 6.07) is 15.4. The smallest absolute Gasteiger partial charge is 0.259 e. The molecule has 0 bridgehead atoms. The maximum Gasteiger partial charge on any atom is 0.259 e. The summed E-state index contributed by atoms with van der Waals surface area (Å²) in [5.74, 6) is 0.462. The van der Waals surface area contributed by atoms with Gasteiger partial charge in [-0.15, -0.1) is 0 Å². The highest BCUT2D eigenvalue weighted by atomic mass is 16.1. The highest BCUT2D eigenvalue weighted by Gasteiger charge is 2.27. The van der Waals surface area contributed by atoms with Crippen molar-refractivity contribution in [2.45, 2.75) is 45.4 Å². The molecule has 6 nitrogen and oxygen atoms in total. The van der Waals surface area contributed by atoms with E-state index in [0.717, 1.165) is 37.3 Å². The van der Waals surface area contributed by atoms with E-state index in [2.05, 4.69) is 53.8 Å². The van der Waals surface area contributed by atoms with Crippen LogP contribution in [0.3, 0.4) is 0 Å². The maximum absolute atomic E-state index is 13.3. The molecular weight excluding hydrogens is 400 g/mol. The number of anilines is 1. The Labute approximate surface area is 189 Å². The molecule has 1 aliphatic heterocycles. The fourth-order valence-electron chi connectivity index (χ4n) is 4.24. The molecule has 1 amide bonds. The second-order valence-electron chi connectivity index (χ2n) is 8.72. The number of piperidine rings is 1. The number of nitrogens with one attached hydrogen (secondary N) is 2. The summed E-state index contributed by atoms with van der Waals surface area (Å²) in [4.78, 5) is 25.0. The van der Waals surface area contributed by atoms with Crippen molar-refractivity contribution in [1.82, 2.24) is 15.1 Å². The molecule has 0 spiro atoms. The Bertz CT molecular complexity index is 1110. The van der Waals surface area contributed by atoms with Crippen molar-refractivity contribution in [3.63, 3.8) is 0 Å². The van der Waals surface area contributed by atoms with E-state index in [9.17, 15) is 9.59 Å². The van der Waals surface area contributed by atoms with Gasteiger partial charge in [-0.1, -0.05) is 38.1 Å². The largest absolute Gasteiger partial charge is 0.322 e. The van der Waals surface area contributed by atoms with Gasteiger partial charge in [0.15, 0.2) is 5.78 Å². The Kier molecular flexibility index (Phi) is 6.51. The first-order valence-electron chi connectivity index (χ1n) is 11.3. The van der Waals surface area contributed by atoms with Gasteiger partial charge in [0.05, 0.1) is 23.1 Å². The lowest BCUT2D eigenvalue weighted by Gasteiger charge is -2.25. The van der Waals surface area contributed by atoms with Crippen LogP contribution in [-0.2, 0) is 0 Å². The summed E-state index contributed by atoms with van der Waals surface area (Å²) in [5, 5.41) is 11.0. The number of aromatic nitrogens is 2. The Hall–Kier alpha value is -3.25. The van der Waals surface area contributed by atoms with Gasteiger partial charge in [-0.25, -0.2) is 4.68 Å². The quantitative estimate of drug-likeness (QED) is 0.545. The number of rotatable bonds is 6. The molecule has 1 aromatic heterocycles. The molecule has 2 heterocycles. The highest BCUT2D eigenvalue weighted by molar-refractivity contribution is 6.06. The first-order chi connectivity index (χ1) is 15.4. The van der Waals surface area contributed by atoms with E-state index in [0.29, 0.717) is 22.7 Å². The van der Waals surface area contributed by atoms with E-state index in [1.807, 2.05) is 4.68 Å². The van der Waals surface area contributed by atoms with Crippen molar-refractivity contribution >= 4 is 17.4 Å². The maximum atomic E-state index is 13.3. The van der Waals surface area contributed by atoms with E-state index in [1.54, 1.807) is 30.5 Å². The molecule has 0 saturated carbocycles. The Morgan fingerprint density at radius 2 is 1.81 bits per heavy atom. The van der Waals surface area contributed by atoms with E-state index < -0.39 is 0 Å². The first-order valence-corrected chi connectivity index (χ1v) is 11.3. The summed E-state index contributed by atoms with van der Waals surface area (Å²) in [5.41, 5.74) is 4.94. The number of hydrogen-bond donors (Lipinski definition) is 2. The van der Waals surface area contributed by atoms with Gasteiger partial charge < -0.3 is 10.6 Å². The lowest BCUT2D eigenvalue weighted by Crippen LogP contribution is -2.29. The molecule has 6 heteroatoms. The molecule has 1 saturated heterocycles. The van der Waals surface area contributed by atoms with Crippen molar-refractivity contribution in [2.75, 3.05) is 18.4 Å². The van der Waals surface area contributed by atoms with Crippen molar-refractivity contribution < 1.29 is 9.59 Å². The van der Waals surface area contributed by atoms with Crippen molar-refractivity contribution in [1.29, 1.82) is 0 Å². The zero-order chi connectivity index (χ0) is 22.7. The van der Waals surface area contributed by atoms with Gasteiger partial charge in [-0.2, -0.15) is 5.10 Å². The lowest BCUT2D eigenvalue weighted by molar-refractivity contribution is 0.101. The molecule has 0 radical (unpaired) electrons. The van der Waals surface area contributed by atoms with Crippen LogP contribution in [0, 0.1) is 0 Å². The molecular formula is C26H30N4O2. The van der Waals surface area contributed by atoms with E-state index in [1.165, 1.54) is 12.5 Å². The normalized spacial score (nSPS) is 14.5. The minimum Gasteiger partial charge on any atom is -0.322 e. The third-order valence-corrected chi connectivity index (χ3v) is 6.11. The summed E-state index contributed by atoms with van der Waals surface area (Å²) >= 11 is 0. The molecule has 0 aliphatic carbocycles. The molecule has 2 aromatic carbocycles. The molecule has 2 N–H and O–H groups in total. The van der Waals surface area contributed by atoms with E-state index in [4.69, 9.17) is 0 Å². The SMILES string of the molecule is CC(=O)c1cccc(NC(=O)c2cnn(-c3ccc(C(C)C)cc3)c2C2CCNCC2)c1. The van der Waals surface area contributed by atoms with Crippen LogP contribution in [-0.4, -0.2) is 34.6 Å². The molecule has 1 aliphatic rings. The molecule has 32 heavy (non-hydrogen) atoms. The number of amides is 1. The molecule has 4 rings (SSSR count). The number of ketones is 1. The molecule has 1 fully saturated rings. The van der Waals surface area contributed by atoms with Crippen LogP contribution in [0.5, 0.6) is 0 Å². The third kappa shape index (κ3) is 4.65.